The number of H-pyrrole nitrogens is 1. The quantitative estimate of drug-likeness (QED) is 0.310. The first-order valence-electron chi connectivity index (χ1n) is 11.7. The minimum absolute atomic E-state index is 0.0871. The second-order valence-electron chi connectivity index (χ2n) is 8.49. The van der Waals surface area contributed by atoms with Crippen LogP contribution in [0.15, 0.2) is 56.6 Å². The molecule has 0 saturated heterocycles. The zero-order chi connectivity index (χ0) is 24.4. The van der Waals surface area contributed by atoms with E-state index in [2.05, 4.69) is 44.4 Å². The van der Waals surface area contributed by atoms with Crippen molar-refractivity contribution in [3.05, 3.63) is 85.9 Å². The van der Waals surface area contributed by atoms with E-state index in [0.717, 1.165) is 23.8 Å². The Labute approximate surface area is 205 Å². The van der Waals surface area contributed by atoms with Crippen molar-refractivity contribution in [1.29, 1.82) is 0 Å². The van der Waals surface area contributed by atoms with Crippen molar-refractivity contribution in [3.8, 4) is 0 Å². The van der Waals surface area contributed by atoms with Crippen LogP contribution in [0, 0.1) is 0 Å². The first-order valence-corrected chi connectivity index (χ1v) is 12.1. The molecule has 0 fully saturated rings. The van der Waals surface area contributed by atoms with Crippen LogP contribution in [0.4, 0.5) is 0 Å². The van der Waals surface area contributed by atoms with Gasteiger partial charge < -0.3 is 9.51 Å². The Kier molecular flexibility index (Phi) is 6.50. The molecule has 5 aromatic rings. The third-order valence-electron chi connectivity index (χ3n) is 6.08. The highest BCUT2D eigenvalue weighted by Crippen LogP contribution is 2.20. The van der Waals surface area contributed by atoms with Gasteiger partial charge in [-0.2, -0.15) is 9.97 Å². The second kappa shape index (κ2) is 9.87. The predicted octanol–water partition coefficient (Wildman–Crippen LogP) is 4.10. The molecule has 0 radical (unpaired) electrons. The fourth-order valence-corrected chi connectivity index (χ4v) is 4.50. The molecule has 0 aliphatic heterocycles. The van der Waals surface area contributed by atoms with Crippen molar-refractivity contribution in [3.63, 3.8) is 0 Å². The molecule has 0 aliphatic rings. The highest BCUT2D eigenvalue weighted by Gasteiger charge is 2.17. The summed E-state index contributed by atoms with van der Waals surface area (Å²) >= 11 is 5.98. The molecule has 0 saturated carbocycles. The number of hydrogen-bond acceptors (Lipinski definition) is 6. The normalized spacial score (nSPS) is 11.6. The molecule has 3 aromatic heterocycles. The lowest BCUT2D eigenvalue weighted by molar-refractivity contribution is 0.367. The first-order chi connectivity index (χ1) is 17.0. The van der Waals surface area contributed by atoms with Gasteiger partial charge in [0.25, 0.3) is 5.56 Å². The highest BCUT2D eigenvalue weighted by atomic mass is 35.5. The molecule has 9 nitrogen and oxygen atoms in total. The number of benzene rings is 2. The molecule has 35 heavy (non-hydrogen) atoms. The number of hydrogen-bond donors (Lipinski definition) is 1. The summed E-state index contributed by atoms with van der Waals surface area (Å²) in [6.45, 7) is 2.72. The van der Waals surface area contributed by atoms with Crippen LogP contribution < -0.4 is 11.2 Å². The van der Waals surface area contributed by atoms with E-state index < -0.39 is 5.56 Å². The van der Waals surface area contributed by atoms with E-state index in [1.165, 1.54) is 14.5 Å². The summed E-state index contributed by atoms with van der Waals surface area (Å²) in [5.74, 6) is 1.08. The minimum Gasteiger partial charge on any atom is -0.339 e. The molecule has 10 heteroatoms. The molecular weight excluding hydrogens is 468 g/mol. The van der Waals surface area contributed by atoms with Crippen molar-refractivity contribution in [2.75, 3.05) is 0 Å². The Morgan fingerprint density at radius 3 is 2.66 bits per heavy atom. The fraction of sp³-hybridized carbons (Fsp3) is 0.320. The van der Waals surface area contributed by atoms with E-state index >= 15 is 0 Å². The average molecular weight is 493 g/mol. The lowest BCUT2D eigenvalue weighted by Gasteiger charge is -2.10. The van der Waals surface area contributed by atoms with E-state index in [-0.39, 0.29) is 23.0 Å². The summed E-state index contributed by atoms with van der Waals surface area (Å²) in [5.41, 5.74) is 0.840. The summed E-state index contributed by atoms with van der Waals surface area (Å²) in [5, 5.41) is 6.54. The molecular formula is C25H25ClN6O3. The molecule has 1 N–H and O–H groups in total. The Balaban J connectivity index is 1.31. The van der Waals surface area contributed by atoms with E-state index in [9.17, 15) is 9.59 Å². The minimum atomic E-state index is -0.431. The number of fused-ring (bicyclic) bond motifs is 2. The maximum Gasteiger partial charge on any atom is 0.332 e. The fourth-order valence-electron chi connectivity index (χ4n) is 4.32. The SMILES string of the molecule is CCCCn1c(=O)n(CCCc2nc(Cc3cccc4ccccc34)no2)c(=O)c2[nH]c(Cl)nc21. The standard InChI is InChI=1S/C25H25ClN6O3/c1-2-3-13-31-22-21(28-24(26)29-22)23(33)32(25(31)34)14-7-12-20-27-19(30-35-20)15-17-10-6-9-16-8-4-5-11-18(16)17/h4-6,8-11H,2-3,7,12-15H2,1H3,(H,28,29). The van der Waals surface area contributed by atoms with Crippen molar-refractivity contribution in [1.82, 2.24) is 29.2 Å². The van der Waals surface area contributed by atoms with Gasteiger partial charge in [0.15, 0.2) is 17.0 Å². The van der Waals surface area contributed by atoms with Crippen LogP contribution in [0.1, 0.15) is 43.5 Å². The van der Waals surface area contributed by atoms with Crippen molar-refractivity contribution in [2.24, 2.45) is 0 Å². The van der Waals surface area contributed by atoms with Crippen molar-refractivity contribution < 1.29 is 4.52 Å². The van der Waals surface area contributed by atoms with Gasteiger partial charge in [0.2, 0.25) is 11.2 Å². The molecule has 180 valence electrons. The summed E-state index contributed by atoms with van der Waals surface area (Å²) in [7, 11) is 0. The van der Waals surface area contributed by atoms with Crippen molar-refractivity contribution in [2.45, 2.75) is 52.1 Å². The van der Waals surface area contributed by atoms with Crippen molar-refractivity contribution >= 4 is 33.5 Å². The average Bonchev–Trinajstić information content (AvgIpc) is 3.47. The van der Waals surface area contributed by atoms with E-state index in [1.807, 2.05) is 25.1 Å². The number of nitrogens with one attached hydrogen (secondary N) is 1. The number of unbranched alkanes of at least 4 members (excludes halogenated alkanes) is 1. The lowest BCUT2D eigenvalue weighted by atomic mass is 10.0. The van der Waals surface area contributed by atoms with Gasteiger partial charge in [-0.15, -0.1) is 0 Å². The van der Waals surface area contributed by atoms with Crippen LogP contribution in [0.2, 0.25) is 5.28 Å². The van der Waals surface area contributed by atoms with Gasteiger partial charge in [0, 0.05) is 25.9 Å². The second-order valence-corrected chi connectivity index (χ2v) is 8.85. The van der Waals surface area contributed by atoms with Gasteiger partial charge in [-0.05, 0) is 40.8 Å². The van der Waals surface area contributed by atoms with Gasteiger partial charge in [-0.3, -0.25) is 13.9 Å². The highest BCUT2D eigenvalue weighted by molar-refractivity contribution is 6.29. The van der Waals surface area contributed by atoms with Gasteiger partial charge >= 0.3 is 5.69 Å². The summed E-state index contributed by atoms with van der Waals surface area (Å²) in [6, 6.07) is 14.3. The third-order valence-corrected chi connectivity index (χ3v) is 6.26. The van der Waals surface area contributed by atoms with Crippen LogP contribution in [-0.4, -0.2) is 29.2 Å². The molecule has 0 bridgehead atoms. The maximum absolute atomic E-state index is 13.1. The summed E-state index contributed by atoms with van der Waals surface area (Å²) in [4.78, 5) is 37.4. The maximum atomic E-state index is 13.1. The van der Waals surface area contributed by atoms with Crippen LogP contribution in [0.5, 0.6) is 0 Å². The summed E-state index contributed by atoms with van der Waals surface area (Å²) in [6.07, 6.45) is 3.20. The Morgan fingerprint density at radius 1 is 1.00 bits per heavy atom. The number of imidazole rings is 1. The first kappa shape index (κ1) is 23.0. The van der Waals surface area contributed by atoms with Crippen LogP contribution in [-0.2, 0) is 25.9 Å². The zero-order valence-corrected chi connectivity index (χ0v) is 20.1. The Bertz CT molecular complexity index is 1610. The number of nitrogens with zero attached hydrogens (tertiary/aromatic N) is 5. The van der Waals surface area contributed by atoms with E-state index in [0.29, 0.717) is 43.2 Å². The molecule has 2 aromatic carbocycles. The zero-order valence-electron chi connectivity index (χ0n) is 19.3. The topological polar surface area (TPSA) is 112 Å². The molecule has 3 heterocycles. The number of aryl methyl sites for hydroxylation is 2. The Hall–Kier alpha value is -3.72. The third kappa shape index (κ3) is 4.64. The van der Waals surface area contributed by atoms with E-state index in [1.54, 1.807) is 0 Å². The van der Waals surface area contributed by atoms with Crippen LogP contribution in [0.3, 0.4) is 0 Å². The molecule has 0 aliphatic carbocycles. The molecule has 0 atom stereocenters. The number of rotatable bonds is 9. The molecule has 5 rings (SSSR count). The smallest absolute Gasteiger partial charge is 0.332 e. The number of aromatic amines is 1. The van der Waals surface area contributed by atoms with Gasteiger partial charge in [-0.1, -0.05) is 61.0 Å². The van der Waals surface area contributed by atoms with Gasteiger partial charge in [0.1, 0.15) is 0 Å². The molecule has 0 unspecified atom stereocenters. The largest absolute Gasteiger partial charge is 0.339 e. The summed E-state index contributed by atoms with van der Waals surface area (Å²) < 4.78 is 8.17. The van der Waals surface area contributed by atoms with Gasteiger partial charge in [0.05, 0.1) is 0 Å². The Morgan fingerprint density at radius 2 is 1.80 bits per heavy atom. The number of halogens is 1. The number of aromatic nitrogens is 6. The predicted molar refractivity (Wildman–Crippen MR) is 134 cm³/mol. The molecule has 0 spiro atoms. The van der Waals surface area contributed by atoms with Crippen LogP contribution in [0.25, 0.3) is 21.9 Å². The lowest BCUT2D eigenvalue weighted by Crippen LogP contribution is -2.40. The van der Waals surface area contributed by atoms with E-state index in [4.69, 9.17) is 16.1 Å². The van der Waals surface area contributed by atoms with Gasteiger partial charge in [-0.25, -0.2) is 4.79 Å². The molecule has 0 amide bonds. The van der Waals surface area contributed by atoms with Crippen LogP contribution >= 0.6 is 11.6 Å². The monoisotopic (exact) mass is 492 g/mol.